The first-order valence-electron chi connectivity index (χ1n) is 9.71. The van der Waals surface area contributed by atoms with E-state index >= 15 is 0 Å². The molecule has 2 aromatic heterocycles. The van der Waals surface area contributed by atoms with Gasteiger partial charge in [-0.05, 0) is 30.5 Å². The van der Waals surface area contributed by atoms with E-state index in [2.05, 4.69) is 33.4 Å². The summed E-state index contributed by atoms with van der Waals surface area (Å²) >= 11 is 0. The molecule has 5 nitrogen and oxygen atoms in total. The summed E-state index contributed by atoms with van der Waals surface area (Å²) in [5, 5.41) is 3.46. The maximum absolute atomic E-state index is 4.89. The molecule has 3 heterocycles. The third-order valence-electron chi connectivity index (χ3n) is 4.90. The average Bonchev–Trinajstić information content (AvgIpc) is 3.03. The van der Waals surface area contributed by atoms with Crippen LogP contribution in [0.5, 0.6) is 0 Å². The standard InChI is InChI=1S/C22H25N5/c1-2-7-15-27(14-6-1)21-16-20(24-17-18-10-12-23-13-11-18)25-22(26-21)19-8-4-3-5-9-19/h3-5,8-13,16H,1-2,6-7,14-15,17H2,(H,24,25,26). The van der Waals surface area contributed by atoms with Gasteiger partial charge in [0.05, 0.1) is 0 Å². The van der Waals surface area contributed by atoms with Crippen LogP contribution >= 0.6 is 0 Å². The highest BCUT2D eigenvalue weighted by atomic mass is 15.2. The van der Waals surface area contributed by atoms with Crippen molar-refractivity contribution in [1.29, 1.82) is 0 Å². The molecule has 0 spiro atoms. The number of hydrogen-bond acceptors (Lipinski definition) is 5. The molecule has 0 aliphatic carbocycles. The Labute approximate surface area is 160 Å². The molecule has 27 heavy (non-hydrogen) atoms. The SMILES string of the molecule is c1ccc(-c2nc(NCc3ccncc3)cc(N3CCCCCC3)n2)cc1. The monoisotopic (exact) mass is 359 g/mol. The Morgan fingerprint density at radius 2 is 1.59 bits per heavy atom. The van der Waals surface area contributed by atoms with Crippen LogP contribution in [-0.4, -0.2) is 28.0 Å². The molecule has 0 unspecified atom stereocenters. The quantitative estimate of drug-likeness (QED) is 0.725. The van der Waals surface area contributed by atoms with Gasteiger partial charge in [-0.15, -0.1) is 0 Å². The van der Waals surface area contributed by atoms with Crippen LogP contribution < -0.4 is 10.2 Å². The minimum atomic E-state index is 0.715. The van der Waals surface area contributed by atoms with Crippen LogP contribution in [0.3, 0.4) is 0 Å². The van der Waals surface area contributed by atoms with E-state index in [1.165, 1.54) is 31.2 Å². The van der Waals surface area contributed by atoms with E-state index in [1.807, 2.05) is 42.7 Å². The van der Waals surface area contributed by atoms with E-state index in [-0.39, 0.29) is 0 Å². The largest absolute Gasteiger partial charge is 0.366 e. The normalized spacial score (nSPS) is 14.6. The van der Waals surface area contributed by atoms with Crippen molar-refractivity contribution in [2.24, 2.45) is 0 Å². The van der Waals surface area contributed by atoms with Crippen LogP contribution in [0.1, 0.15) is 31.2 Å². The Bertz CT molecular complexity index is 843. The smallest absolute Gasteiger partial charge is 0.163 e. The van der Waals surface area contributed by atoms with E-state index in [0.717, 1.165) is 36.1 Å². The zero-order chi connectivity index (χ0) is 18.3. The van der Waals surface area contributed by atoms with Crippen LogP contribution in [0.25, 0.3) is 11.4 Å². The maximum Gasteiger partial charge on any atom is 0.163 e. The number of nitrogens with one attached hydrogen (secondary N) is 1. The number of benzene rings is 1. The number of pyridine rings is 1. The molecule has 0 atom stereocenters. The third kappa shape index (κ3) is 4.61. The van der Waals surface area contributed by atoms with E-state index in [4.69, 9.17) is 9.97 Å². The van der Waals surface area contributed by atoms with E-state index < -0.39 is 0 Å². The molecule has 1 aliphatic rings. The van der Waals surface area contributed by atoms with E-state index in [9.17, 15) is 0 Å². The van der Waals surface area contributed by atoms with Gasteiger partial charge in [0.15, 0.2) is 5.82 Å². The lowest BCUT2D eigenvalue weighted by Gasteiger charge is -2.22. The second-order valence-electron chi connectivity index (χ2n) is 6.91. The highest BCUT2D eigenvalue weighted by Gasteiger charge is 2.14. The lowest BCUT2D eigenvalue weighted by atomic mass is 10.2. The molecule has 0 saturated carbocycles. The van der Waals surface area contributed by atoms with Crippen LogP contribution in [0.4, 0.5) is 11.6 Å². The summed E-state index contributed by atoms with van der Waals surface area (Å²) in [6.45, 7) is 2.84. The van der Waals surface area contributed by atoms with Crippen molar-refractivity contribution in [3.05, 3.63) is 66.5 Å². The van der Waals surface area contributed by atoms with Crippen LogP contribution in [0.2, 0.25) is 0 Å². The van der Waals surface area contributed by atoms with Gasteiger partial charge < -0.3 is 10.2 Å². The van der Waals surface area contributed by atoms with Gasteiger partial charge in [-0.2, -0.15) is 0 Å². The fourth-order valence-corrected chi connectivity index (χ4v) is 3.40. The number of rotatable bonds is 5. The molecule has 1 aromatic carbocycles. The molecule has 0 bridgehead atoms. The first-order valence-corrected chi connectivity index (χ1v) is 9.71. The maximum atomic E-state index is 4.89. The van der Waals surface area contributed by atoms with Gasteiger partial charge >= 0.3 is 0 Å². The number of hydrogen-bond donors (Lipinski definition) is 1. The number of anilines is 2. The van der Waals surface area contributed by atoms with Crippen molar-refractivity contribution < 1.29 is 0 Å². The minimum Gasteiger partial charge on any atom is -0.366 e. The minimum absolute atomic E-state index is 0.715. The number of aromatic nitrogens is 3. The fourth-order valence-electron chi connectivity index (χ4n) is 3.40. The Morgan fingerprint density at radius 1 is 0.852 bits per heavy atom. The molecule has 138 valence electrons. The molecular weight excluding hydrogens is 334 g/mol. The van der Waals surface area contributed by atoms with E-state index in [1.54, 1.807) is 0 Å². The summed E-state index contributed by atoms with van der Waals surface area (Å²) in [7, 11) is 0. The molecule has 5 heteroatoms. The highest BCUT2D eigenvalue weighted by Crippen LogP contribution is 2.24. The van der Waals surface area contributed by atoms with Crippen molar-refractivity contribution in [2.45, 2.75) is 32.2 Å². The summed E-state index contributed by atoms with van der Waals surface area (Å²) in [6, 6.07) is 16.3. The lowest BCUT2D eigenvalue weighted by molar-refractivity contribution is 0.726. The molecule has 1 saturated heterocycles. The highest BCUT2D eigenvalue weighted by molar-refractivity contribution is 5.61. The molecular formula is C22H25N5. The zero-order valence-corrected chi connectivity index (χ0v) is 15.5. The Kier molecular flexibility index (Phi) is 5.58. The van der Waals surface area contributed by atoms with E-state index in [0.29, 0.717) is 6.54 Å². The van der Waals surface area contributed by atoms with Gasteiger partial charge in [-0.3, -0.25) is 4.98 Å². The Hall–Kier alpha value is -2.95. The second kappa shape index (κ2) is 8.62. The lowest BCUT2D eigenvalue weighted by Crippen LogP contribution is -2.25. The van der Waals surface area contributed by atoms with Crippen molar-refractivity contribution >= 4 is 11.6 Å². The van der Waals surface area contributed by atoms with Gasteiger partial charge in [-0.1, -0.05) is 43.2 Å². The average molecular weight is 359 g/mol. The predicted octanol–water partition coefficient (Wildman–Crippen LogP) is 4.53. The number of nitrogens with zero attached hydrogens (tertiary/aromatic N) is 4. The Balaban J connectivity index is 1.63. The van der Waals surface area contributed by atoms with Gasteiger partial charge in [0.2, 0.25) is 0 Å². The van der Waals surface area contributed by atoms with Gasteiger partial charge in [-0.25, -0.2) is 9.97 Å². The molecule has 0 radical (unpaired) electrons. The third-order valence-corrected chi connectivity index (χ3v) is 4.90. The van der Waals surface area contributed by atoms with Crippen molar-refractivity contribution in [3.8, 4) is 11.4 Å². The van der Waals surface area contributed by atoms with Gasteiger partial charge in [0.1, 0.15) is 11.6 Å². The molecule has 0 amide bonds. The summed E-state index contributed by atoms with van der Waals surface area (Å²) in [6.07, 6.45) is 8.69. The van der Waals surface area contributed by atoms with Crippen molar-refractivity contribution in [2.75, 3.05) is 23.3 Å². The van der Waals surface area contributed by atoms with Crippen molar-refractivity contribution in [3.63, 3.8) is 0 Å². The topological polar surface area (TPSA) is 53.9 Å². The first-order chi connectivity index (χ1) is 13.4. The van der Waals surface area contributed by atoms with Crippen molar-refractivity contribution in [1.82, 2.24) is 15.0 Å². The fraction of sp³-hybridized carbons (Fsp3) is 0.318. The van der Waals surface area contributed by atoms with Gasteiger partial charge in [0.25, 0.3) is 0 Å². The summed E-state index contributed by atoms with van der Waals surface area (Å²) < 4.78 is 0. The summed E-state index contributed by atoms with van der Waals surface area (Å²) in [4.78, 5) is 16.1. The predicted molar refractivity (Wildman–Crippen MR) is 110 cm³/mol. The molecule has 4 rings (SSSR count). The summed E-state index contributed by atoms with van der Waals surface area (Å²) in [5.74, 6) is 2.65. The first kappa shape index (κ1) is 17.5. The molecule has 1 fully saturated rings. The second-order valence-corrected chi connectivity index (χ2v) is 6.91. The Morgan fingerprint density at radius 3 is 2.33 bits per heavy atom. The van der Waals surface area contributed by atoms with Crippen LogP contribution in [-0.2, 0) is 6.54 Å². The van der Waals surface area contributed by atoms with Gasteiger partial charge in [0, 0.05) is 43.7 Å². The summed E-state index contributed by atoms with van der Waals surface area (Å²) in [5.41, 5.74) is 2.22. The van der Waals surface area contributed by atoms with Crippen LogP contribution in [0, 0.1) is 0 Å². The zero-order valence-electron chi connectivity index (χ0n) is 15.5. The molecule has 1 aliphatic heterocycles. The molecule has 3 aromatic rings. The molecule has 1 N–H and O–H groups in total. The van der Waals surface area contributed by atoms with Crippen LogP contribution in [0.15, 0.2) is 60.9 Å².